The maximum absolute atomic E-state index is 11.7. The molecule has 3 aromatic carbocycles. The number of carboxylic acids is 1. The zero-order valence-corrected chi connectivity index (χ0v) is 19.3. The van der Waals surface area contributed by atoms with Gasteiger partial charge in [0.15, 0.2) is 0 Å². The fourth-order valence-electron chi connectivity index (χ4n) is 4.06. The fourth-order valence-corrected chi connectivity index (χ4v) is 5.24. The number of hydrogen-bond acceptors (Lipinski definition) is 3. The van der Waals surface area contributed by atoms with Gasteiger partial charge in [-0.05, 0) is 55.7 Å². The molecule has 1 aliphatic rings. The van der Waals surface area contributed by atoms with Crippen LogP contribution in [0.5, 0.6) is 5.75 Å². The van der Waals surface area contributed by atoms with Crippen molar-refractivity contribution in [2.24, 2.45) is 0 Å². The SMILES string of the molecule is C#Cc1c(C(=O)O)cccc1-c1cc2c(cc1OC)SC(C)(C)C=C2c1ccc(C)cc1. The van der Waals surface area contributed by atoms with Gasteiger partial charge in [0.05, 0.1) is 12.7 Å². The molecule has 3 aromatic rings. The van der Waals surface area contributed by atoms with Gasteiger partial charge >= 0.3 is 5.97 Å². The molecular weight excluding hydrogens is 416 g/mol. The van der Waals surface area contributed by atoms with E-state index >= 15 is 0 Å². The van der Waals surface area contributed by atoms with Crippen LogP contribution in [0.3, 0.4) is 0 Å². The van der Waals surface area contributed by atoms with Crippen LogP contribution in [0.4, 0.5) is 0 Å². The van der Waals surface area contributed by atoms with Gasteiger partial charge in [-0.15, -0.1) is 18.2 Å². The third-order valence-corrected chi connectivity index (χ3v) is 6.75. The molecule has 4 heteroatoms. The second-order valence-corrected chi connectivity index (χ2v) is 10.1. The number of carbonyl (C=O) groups is 1. The van der Waals surface area contributed by atoms with Crippen LogP contribution in [0.2, 0.25) is 0 Å². The van der Waals surface area contributed by atoms with E-state index in [2.05, 4.69) is 63.1 Å². The predicted octanol–water partition coefficient (Wildman–Crippen LogP) is 6.67. The first-order valence-corrected chi connectivity index (χ1v) is 11.1. The predicted molar refractivity (Wildman–Crippen MR) is 132 cm³/mol. The Hall–Kier alpha value is -3.42. The van der Waals surface area contributed by atoms with E-state index in [1.165, 1.54) is 11.6 Å². The third-order valence-electron chi connectivity index (χ3n) is 5.55. The molecule has 0 saturated carbocycles. The van der Waals surface area contributed by atoms with Gasteiger partial charge in [0.25, 0.3) is 0 Å². The Bertz CT molecular complexity index is 1290. The summed E-state index contributed by atoms with van der Waals surface area (Å²) in [7, 11) is 1.62. The summed E-state index contributed by atoms with van der Waals surface area (Å²) in [6.45, 7) is 6.47. The second kappa shape index (κ2) is 8.26. The Morgan fingerprint density at radius 2 is 1.78 bits per heavy atom. The molecule has 0 saturated heterocycles. The highest BCUT2D eigenvalue weighted by atomic mass is 32.2. The van der Waals surface area contributed by atoms with Gasteiger partial charge in [0.1, 0.15) is 5.75 Å². The number of rotatable bonds is 4. The minimum absolute atomic E-state index is 0.0903. The summed E-state index contributed by atoms with van der Waals surface area (Å²) in [6.07, 6.45) is 8.04. The van der Waals surface area contributed by atoms with Gasteiger partial charge in [-0.1, -0.05) is 54.0 Å². The number of fused-ring (bicyclic) bond motifs is 1. The van der Waals surface area contributed by atoms with Crippen LogP contribution in [0.1, 0.15) is 46.5 Å². The van der Waals surface area contributed by atoms with E-state index < -0.39 is 5.97 Å². The quantitative estimate of drug-likeness (QED) is 0.461. The number of methoxy groups -OCH3 is 1. The highest BCUT2D eigenvalue weighted by molar-refractivity contribution is 8.01. The Balaban J connectivity index is 1.99. The first kappa shape index (κ1) is 21.8. The first-order valence-electron chi connectivity index (χ1n) is 10.3. The van der Waals surface area contributed by atoms with Gasteiger partial charge in [0, 0.05) is 26.3 Å². The van der Waals surface area contributed by atoms with E-state index in [9.17, 15) is 9.90 Å². The largest absolute Gasteiger partial charge is 0.496 e. The number of benzene rings is 3. The third kappa shape index (κ3) is 3.92. The Morgan fingerprint density at radius 1 is 1.06 bits per heavy atom. The minimum Gasteiger partial charge on any atom is -0.496 e. The molecule has 32 heavy (non-hydrogen) atoms. The Labute approximate surface area is 193 Å². The van der Waals surface area contributed by atoms with Gasteiger partial charge in [-0.25, -0.2) is 4.79 Å². The zero-order valence-electron chi connectivity index (χ0n) is 18.5. The Morgan fingerprint density at radius 3 is 2.41 bits per heavy atom. The zero-order chi connectivity index (χ0) is 23.0. The van der Waals surface area contributed by atoms with E-state index in [0.717, 1.165) is 27.2 Å². The summed E-state index contributed by atoms with van der Waals surface area (Å²) in [5.41, 5.74) is 6.47. The minimum atomic E-state index is -1.05. The van der Waals surface area contributed by atoms with Gasteiger partial charge in [0.2, 0.25) is 0 Å². The average Bonchev–Trinajstić information content (AvgIpc) is 2.77. The average molecular weight is 441 g/mol. The van der Waals surface area contributed by atoms with Crippen molar-refractivity contribution in [2.45, 2.75) is 30.4 Å². The lowest BCUT2D eigenvalue weighted by molar-refractivity contribution is 0.0696. The molecule has 1 aliphatic heterocycles. The number of aryl methyl sites for hydroxylation is 1. The number of hydrogen-bond donors (Lipinski definition) is 1. The van der Waals surface area contributed by atoms with E-state index in [1.54, 1.807) is 24.9 Å². The van der Waals surface area contributed by atoms with Crippen LogP contribution >= 0.6 is 11.8 Å². The molecule has 0 bridgehead atoms. The molecule has 0 amide bonds. The summed E-state index contributed by atoms with van der Waals surface area (Å²) in [6, 6.07) is 17.7. The molecule has 0 fully saturated rings. The molecule has 0 atom stereocenters. The Kier molecular flexibility index (Phi) is 5.62. The van der Waals surface area contributed by atoms with Crippen LogP contribution in [-0.4, -0.2) is 22.9 Å². The molecule has 160 valence electrons. The number of thioether (sulfide) groups is 1. The lowest BCUT2D eigenvalue weighted by Gasteiger charge is -2.30. The standard InChI is InChI=1S/C28H24O3S/c1-6-19-20(8-7-9-21(19)27(29)30)22-14-23-24(18-12-10-17(2)11-13-18)16-28(3,4)32-26(23)15-25(22)31-5/h1,7-16H,2-5H3,(H,29,30). The molecule has 4 rings (SSSR count). The van der Waals surface area contributed by atoms with E-state index in [0.29, 0.717) is 16.9 Å². The molecular formula is C28H24O3S. The lowest BCUT2D eigenvalue weighted by Crippen LogP contribution is -2.16. The van der Waals surface area contributed by atoms with Crippen molar-refractivity contribution in [3.63, 3.8) is 0 Å². The van der Waals surface area contributed by atoms with Crippen molar-refractivity contribution in [3.8, 4) is 29.2 Å². The summed E-state index contributed by atoms with van der Waals surface area (Å²) in [5, 5.41) is 9.62. The van der Waals surface area contributed by atoms with Crippen molar-refractivity contribution in [1.82, 2.24) is 0 Å². The summed E-state index contributed by atoms with van der Waals surface area (Å²) < 4.78 is 5.65. The summed E-state index contributed by atoms with van der Waals surface area (Å²) in [4.78, 5) is 12.9. The van der Waals surface area contributed by atoms with Crippen molar-refractivity contribution in [3.05, 3.63) is 88.5 Å². The van der Waals surface area contributed by atoms with Gasteiger partial charge in [-0.3, -0.25) is 0 Å². The van der Waals surface area contributed by atoms with Crippen molar-refractivity contribution < 1.29 is 14.6 Å². The summed E-state index contributed by atoms with van der Waals surface area (Å²) in [5.74, 6) is 2.20. The van der Waals surface area contributed by atoms with Crippen molar-refractivity contribution in [1.29, 1.82) is 0 Å². The molecule has 0 radical (unpaired) electrons. The van der Waals surface area contributed by atoms with E-state index in [-0.39, 0.29) is 10.3 Å². The fraction of sp³-hybridized carbons (Fsp3) is 0.179. The first-order chi connectivity index (χ1) is 15.2. The van der Waals surface area contributed by atoms with Crippen LogP contribution in [0.25, 0.3) is 16.7 Å². The van der Waals surface area contributed by atoms with Crippen LogP contribution in [0.15, 0.2) is 65.6 Å². The highest BCUT2D eigenvalue weighted by Gasteiger charge is 2.29. The van der Waals surface area contributed by atoms with Crippen LogP contribution < -0.4 is 4.74 Å². The molecule has 1 N–H and O–H groups in total. The molecule has 0 spiro atoms. The molecule has 0 unspecified atom stereocenters. The van der Waals surface area contributed by atoms with Crippen LogP contribution in [0, 0.1) is 19.3 Å². The highest BCUT2D eigenvalue weighted by Crippen LogP contribution is 2.49. The molecule has 0 aromatic heterocycles. The number of ether oxygens (including phenoxy) is 1. The molecule has 3 nitrogen and oxygen atoms in total. The van der Waals surface area contributed by atoms with E-state index in [1.807, 2.05) is 12.1 Å². The maximum Gasteiger partial charge on any atom is 0.336 e. The van der Waals surface area contributed by atoms with Gasteiger partial charge < -0.3 is 9.84 Å². The number of carboxylic acid groups (broad SMARTS) is 1. The second-order valence-electron chi connectivity index (χ2n) is 8.36. The topological polar surface area (TPSA) is 46.5 Å². The number of terminal acetylenes is 1. The molecule has 1 heterocycles. The van der Waals surface area contributed by atoms with Crippen molar-refractivity contribution >= 4 is 23.3 Å². The van der Waals surface area contributed by atoms with Gasteiger partial charge in [-0.2, -0.15) is 0 Å². The lowest BCUT2D eigenvalue weighted by atomic mass is 9.89. The smallest absolute Gasteiger partial charge is 0.336 e. The maximum atomic E-state index is 11.7. The van der Waals surface area contributed by atoms with Crippen molar-refractivity contribution in [2.75, 3.05) is 7.11 Å². The molecule has 0 aliphatic carbocycles. The van der Waals surface area contributed by atoms with E-state index in [4.69, 9.17) is 11.2 Å². The van der Waals surface area contributed by atoms with Crippen LogP contribution in [-0.2, 0) is 0 Å². The number of aromatic carboxylic acids is 1. The normalized spacial score (nSPS) is 14.2. The monoisotopic (exact) mass is 440 g/mol. The summed E-state index contributed by atoms with van der Waals surface area (Å²) >= 11 is 1.78.